The summed E-state index contributed by atoms with van der Waals surface area (Å²) >= 11 is 2.49. The van der Waals surface area contributed by atoms with Crippen LogP contribution in [0.2, 0.25) is 0 Å². The Morgan fingerprint density at radius 1 is 1.64 bits per heavy atom. The van der Waals surface area contributed by atoms with E-state index in [0.29, 0.717) is 0 Å². The van der Waals surface area contributed by atoms with Crippen molar-refractivity contribution in [3.63, 3.8) is 0 Å². The lowest BCUT2D eigenvalue weighted by Crippen LogP contribution is -1.88. The predicted molar refractivity (Wildman–Crippen MR) is 69.7 cm³/mol. The van der Waals surface area contributed by atoms with E-state index in [2.05, 4.69) is 53.8 Å². The van der Waals surface area contributed by atoms with Gasteiger partial charge in [0, 0.05) is 0 Å². The van der Waals surface area contributed by atoms with Crippen molar-refractivity contribution in [3.05, 3.63) is 31.5 Å². The average Bonchev–Trinajstić information content (AvgIpc) is 2.06. The van der Waals surface area contributed by atoms with Gasteiger partial charge in [-0.1, -0.05) is 50.2 Å². The molecular formula is C9H10I2. The minimum absolute atomic E-state index is 0.230. The standard InChI is InChI=1S/C9H10I2/c1-2-8-7-11-6-4-9(8)3-5-10/h3-7H,2H2,1H3/b5-3-. The second kappa shape index (κ2) is 5.24. The Balaban J connectivity index is 2.94. The molecule has 0 aliphatic carbocycles. The number of halogens is 2. The molecule has 1 aliphatic heterocycles. The van der Waals surface area contributed by atoms with E-state index in [1.807, 2.05) is 0 Å². The minimum atomic E-state index is 0.230. The van der Waals surface area contributed by atoms with Crippen LogP contribution in [-0.4, -0.2) is 4.01 Å². The van der Waals surface area contributed by atoms with Crippen molar-refractivity contribution >= 4 is 47.3 Å². The third-order valence-electron chi connectivity index (χ3n) is 1.50. The van der Waals surface area contributed by atoms with Gasteiger partial charge in [-0.05, 0) is 41.9 Å². The molecule has 0 atom stereocenters. The number of rotatable bonds is 2. The molecule has 0 aromatic rings. The molecule has 1 aliphatic rings. The second-order valence-corrected chi connectivity index (χ2v) is 4.93. The maximum atomic E-state index is 2.41. The average molecular weight is 372 g/mol. The summed E-state index contributed by atoms with van der Waals surface area (Å²) < 4.78 is 6.79. The van der Waals surface area contributed by atoms with Gasteiger partial charge in [0.2, 0.25) is 0 Å². The quantitative estimate of drug-likeness (QED) is 0.645. The van der Waals surface area contributed by atoms with E-state index >= 15 is 0 Å². The van der Waals surface area contributed by atoms with Gasteiger partial charge in [-0.2, -0.15) is 0 Å². The van der Waals surface area contributed by atoms with Crippen molar-refractivity contribution in [1.82, 2.24) is 0 Å². The summed E-state index contributed by atoms with van der Waals surface area (Å²) in [6.07, 6.45) is 5.59. The third-order valence-corrected chi connectivity index (χ3v) is 3.75. The molecule has 0 bridgehead atoms. The van der Waals surface area contributed by atoms with Crippen molar-refractivity contribution in [2.45, 2.75) is 13.3 Å². The molecule has 1 rings (SSSR count). The van der Waals surface area contributed by atoms with Crippen LogP contribution in [0.5, 0.6) is 0 Å². The van der Waals surface area contributed by atoms with Crippen LogP contribution in [0.3, 0.4) is 0 Å². The third kappa shape index (κ3) is 2.82. The highest BCUT2D eigenvalue weighted by molar-refractivity contribution is 14.2. The molecule has 2 heteroatoms. The van der Waals surface area contributed by atoms with Crippen LogP contribution >= 0.6 is 43.3 Å². The molecule has 0 unspecified atom stereocenters. The van der Waals surface area contributed by atoms with Gasteiger partial charge in [0.1, 0.15) is 0 Å². The van der Waals surface area contributed by atoms with Gasteiger partial charge in [-0.15, -0.1) is 0 Å². The van der Waals surface area contributed by atoms with Gasteiger partial charge in [-0.3, -0.25) is 0 Å². The van der Waals surface area contributed by atoms with E-state index < -0.39 is 0 Å². The summed E-state index contributed by atoms with van der Waals surface area (Å²) in [6, 6.07) is 0. The molecule has 1 heterocycles. The molecular weight excluding hydrogens is 362 g/mol. The van der Waals surface area contributed by atoms with Crippen molar-refractivity contribution < 1.29 is 0 Å². The predicted octanol–water partition coefficient (Wildman–Crippen LogP) is 3.94. The highest BCUT2D eigenvalue weighted by atomic mass is 127. The van der Waals surface area contributed by atoms with E-state index in [1.165, 1.54) is 17.6 Å². The number of hydrogen-bond acceptors (Lipinski definition) is 0. The van der Waals surface area contributed by atoms with E-state index in [-0.39, 0.29) is 20.7 Å². The fourth-order valence-corrected chi connectivity index (χ4v) is 3.32. The number of allylic oxidation sites excluding steroid dienone is 4. The Labute approximate surface area is 91.3 Å². The van der Waals surface area contributed by atoms with Crippen molar-refractivity contribution in [2.75, 3.05) is 0 Å². The fourth-order valence-electron chi connectivity index (χ4n) is 0.898. The molecule has 0 radical (unpaired) electrons. The Morgan fingerprint density at radius 2 is 2.45 bits per heavy atom. The molecule has 0 nitrogen and oxygen atoms in total. The van der Waals surface area contributed by atoms with Gasteiger partial charge < -0.3 is 0 Å². The van der Waals surface area contributed by atoms with Crippen LogP contribution in [0.25, 0.3) is 0 Å². The van der Waals surface area contributed by atoms with E-state index in [1.54, 1.807) is 0 Å². The zero-order chi connectivity index (χ0) is 8.10. The first-order valence-corrected chi connectivity index (χ1v) is 7.23. The molecule has 0 saturated carbocycles. The Morgan fingerprint density at radius 3 is 3.09 bits per heavy atom. The molecule has 0 N–H and O–H groups in total. The zero-order valence-electron chi connectivity index (χ0n) is 6.35. The Hall–Kier alpha value is 0.550. The summed E-state index contributed by atoms with van der Waals surface area (Å²) in [6.45, 7) is 2.22. The first kappa shape index (κ1) is 9.64. The van der Waals surface area contributed by atoms with Crippen LogP contribution in [0.15, 0.2) is 31.5 Å². The van der Waals surface area contributed by atoms with Crippen LogP contribution in [0.1, 0.15) is 13.3 Å². The van der Waals surface area contributed by atoms with Gasteiger partial charge in [0.15, 0.2) is 0 Å². The maximum Gasteiger partial charge on any atom is -0.0211 e. The first-order valence-electron chi connectivity index (χ1n) is 3.50. The van der Waals surface area contributed by atoms with Gasteiger partial charge >= 0.3 is 0 Å². The molecule has 0 amide bonds. The summed E-state index contributed by atoms with van der Waals surface area (Å²) in [5.41, 5.74) is 2.92. The highest BCUT2D eigenvalue weighted by Crippen LogP contribution is 2.19. The van der Waals surface area contributed by atoms with Crippen LogP contribution in [0, 0.1) is 0 Å². The van der Waals surface area contributed by atoms with E-state index in [4.69, 9.17) is 0 Å². The smallest absolute Gasteiger partial charge is 0.0211 e. The summed E-state index contributed by atoms with van der Waals surface area (Å²) in [7, 11) is 0. The SMILES string of the molecule is CCC1=C(/C=C\I)C=CI=C1. The van der Waals surface area contributed by atoms with Crippen molar-refractivity contribution in [3.8, 4) is 0 Å². The van der Waals surface area contributed by atoms with Crippen molar-refractivity contribution in [2.24, 2.45) is 0 Å². The van der Waals surface area contributed by atoms with Gasteiger partial charge in [-0.25, -0.2) is 0 Å². The molecule has 0 aromatic heterocycles. The summed E-state index contributed by atoms with van der Waals surface area (Å²) in [5.74, 6) is 0. The minimum Gasteiger partial charge on any atom is -0.0934 e. The van der Waals surface area contributed by atoms with Crippen LogP contribution < -0.4 is 0 Å². The summed E-state index contributed by atoms with van der Waals surface area (Å²) in [5, 5.41) is 0. The molecule has 0 spiro atoms. The van der Waals surface area contributed by atoms with Crippen LogP contribution in [-0.2, 0) is 0 Å². The first-order chi connectivity index (χ1) is 5.38. The normalized spacial score (nSPS) is 17.6. The zero-order valence-corrected chi connectivity index (χ0v) is 10.7. The molecule has 0 aromatic carbocycles. The lowest BCUT2D eigenvalue weighted by molar-refractivity contribution is 1.17. The molecule has 0 saturated heterocycles. The van der Waals surface area contributed by atoms with Crippen LogP contribution in [0.4, 0.5) is 0 Å². The maximum absolute atomic E-state index is 2.41. The largest absolute Gasteiger partial charge is 0.0934 e. The monoisotopic (exact) mass is 372 g/mol. The van der Waals surface area contributed by atoms with Gasteiger partial charge in [0.05, 0.1) is 0 Å². The highest BCUT2D eigenvalue weighted by Gasteiger charge is 1.97. The molecule has 0 fully saturated rings. The number of hydrogen-bond donors (Lipinski definition) is 0. The summed E-state index contributed by atoms with van der Waals surface area (Å²) in [4.78, 5) is 0. The lowest BCUT2D eigenvalue weighted by atomic mass is 10.1. The second-order valence-electron chi connectivity index (χ2n) is 2.15. The topological polar surface area (TPSA) is 0 Å². The lowest BCUT2D eigenvalue weighted by Gasteiger charge is -2.04. The Kier molecular flexibility index (Phi) is 4.59. The molecule has 60 valence electrons. The molecule has 11 heavy (non-hydrogen) atoms. The van der Waals surface area contributed by atoms with Crippen molar-refractivity contribution in [1.29, 1.82) is 0 Å². The van der Waals surface area contributed by atoms with E-state index in [9.17, 15) is 0 Å². The fraction of sp³-hybridized carbons (Fsp3) is 0.222. The van der Waals surface area contributed by atoms with E-state index in [0.717, 1.165) is 0 Å². The van der Waals surface area contributed by atoms with Gasteiger partial charge in [0.25, 0.3) is 0 Å². The Bertz CT molecular complexity index is 244.